The van der Waals surface area contributed by atoms with Crippen molar-refractivity contribution in [3.63, 3.8) is 0 Å². The zero-order valence-electron chi connectivity index (χ0n) is 15.1. The highest BCUT2D eigenvalue weighted by Crippen LogP contribution is 2.33. The number of ether oxygens (including phenoxy) is 1. The molecule has 0 spiro atoms. The van der Waals surface area contributed by atoms with Crippen molar-refractivity contribution < 1.29 is 19.1 Å². The van der Waals surface area contributed by atoms with Crippen molar-refractivity contribution in [2.75, 3.05) is 32.8 Å². The van der Waals surface area contributed by atoms with Crippen LogP contribution < -0.4 is 5.32 Å². The molecule has 1 N–H and O–H groups in total. The number of rotatable bonds is 3. The van der Waals surface area contributed by atoms with Gasteiger partial charge in [0.15, 0.2) is 0 Å². The second kappa shape index (κ2) is 6.66. The fraction of sp³-hybridized carbons (Fsp3) is 0.350. The van der Waals surface area contributed by atoms with Gasteiger partial charge in [0, 0.05) is 13.1 Å². The van der Waals surface area contributed by atoms with Crippen LogP contribution in [0.1, 0.15) is 12.5 Å². The summed E-state index contributed by atoms with van der Waals surface area (Å²) < 4.78 is 5.24. The van der Waals surface area contributed by atoms with Crippen molar-refractivity contribution >= 4 is 28.6 Å². The number of benzene rings is 2. The van der Waals surface area contributed by atoms with E-state index in [0.29, 0.717) is 26.3 Å². The Balaban J connectivity index is 1.62. The number of morpholine rings is 1. The molecule has 4 amide bonds. The van der Waals surface area contributed by atoms with Crippen LogP contribution in [0.15, 0.2) is 42.5 Å². The molecule has 0 aromatic heterocycles. The molecule has 2 fully saturated rings. The maximum absolute atomic E-state index is 13.1. The van der Waals surface area contributed by atoms with E-state index in [1.165, 1.54) is 0 Å². The number of fused-ring (bicyclic) bond motifs is 1. The Morgan fingerprint density at radius 2 is 1.81 bits per heavy atom. The molecule has 2 aliphatic heterocycles. The average Bonchev–Trinajstić information content (AvgIpc) is 2.92. The lowest BCUT2D eigenvalue weighted by Gasteiger charge is -2.28. The third-order valence-corrected chi connectivity index (χ3v) is 5.26. The van der Waals surface area contributed by atoms with Gasteiger partial charge in [-0.2, -0.15) is 0 Å². The molecule has 1 atom stereocenters. The Morgan fingerprint density at radius 3 is 2.59 bits per heavy atom. The SMILES string of the molecule is CC1(c2cccc3ccccc23)NC(=O)N(CC(=O)N2CCOCC2)C1=O. The number of amides is 4. The fourth-order valence-corrected chi connectivity index (χ4v) is 3.73. The Kier molecular flexibility index (Phi) is 4.31. The summed E-state index contributed by atoms with van der Waals surface area (Å²) in [7, 11) is 0. The number of carbonyl (C=O) groups excluding carboxylic acids is 3. The largest absolute Gasteiger partial charge is 0.378 e. The lowest BCUT2D eigenvalue weighted by molar-refractivity contribution is -0.141. The third-order valence-electron chi connectivity index (χ3n) is 5.26. The standard InChI is InChI=1S/C20H21N3O4/c1-20(16-8-4-6-14-5-2-3-7-15(14)16)18(25)23(19(26)21-20)13-17(24)22-9-11-27-12-10-22/h2-8H,9-13H2,1H3,(H,21,26). The van der Waals surface area contributed by atoms with Gasteiger partial charge in [0.05, 0.1) is 13.2 Å². The predicted molar refractivity (Wildman–Crippen MR) is 98.9 cm³/mol. The summed E-state index contributed by atoms with van der Waals surface area (Å²) in [6.45, 7) is 3.32. The van der Waals surface area contributed by atoms with Crippen molar-refractivity contribution in [3.8, 4) is 0 Å². The molecular formula is C20H21N3O4. The van der Waals surface area contributed by atoms with Crippen LogP contribution in [0.4, 0.5) is 4.79 Å². The average molecular weight is 367 g/mol. The fourth-order valence-electron chi connectivity index (χ4n) is 3.73. The molecule has 2 heterocycles. The van der Waals surface area contributed by atoms with Crippen LogP contribution in [0.2, 0.25) is 0 Å². The minimum Gasteiger partial charge on any atom is -0.378 e. The molecule has 2 saturated heterocycles. The van der Waals surface area contributed by atoms with Gasteiger partial charge < -0.3 is 15.0 Å². The quantitative estimate of drug-likeness (QED) is 0.833. The van der Waals surface area contributed by atoms with E-state index in [9.17, 15) is 14.4 Å². The molecule has 2 aliphatic rings. The van der Waals surface area contributed by atoms with Crippen LogP contribution in [0.5, 0.6) is 0 Å². The number of imide groups is 1. The maximum Gasteiger partial charge on any atom is 0.325 e. The van der Waals surface area contributed by atoms with Gasteiger partial charge in [-0.3, -0.25) is 14.5 Å². The van der Waals surface area contributed by atoms with Crippen LogP contribution in [0.25, 0.3) is 10.8 Å². The first kappa shape index (κ1) is 17.5. The van der Waals surface area contributed by atoms with E-state index < -0.39 is 17.5 Å². The molecule has 7 heteroatoms. The van der Waals surface area contributed by atoms with Gasteiger partial charge in [-0.15, -0.1) is 0 Å². The normalized spacial score (nSPS) is 23.0. The van der Waals surface area contributed by atoms with Crippen LogP contribution in [0, 0.1) is 0 Å². The molecule has 140 valence electrons. The summed E-state index contributed by atoms with van der Waals surface area (Å²) in [6.07, 6.45) is 0. The van der Waals surface area contributed by atoms with Crippen LogP contribution >= 0.6 is 0 Å². The van der Waals surface area contributed by atoms with Gasteiger partial charge in [-0.25, -0.2) is 4.79 Å². The highest BCUT2D eigenvalue weighted by Gasteiger charge is 2.50. The highest BCUT2D eigenvalue weighted by atomic mass is 16.5. The minimum atomic E-state index is -1.21. The summed E-state index contributed by atoms with van der Waals surface area (Å²) in [4.78, 5) is 40.8. The predicted octanol–water partition coefficient (Wildman–Crippen LogP) is 1.47. The lowest BCUT2D eigenvalue weighted by atomic mass is 9.88. The topological polar surface area (TPSA) is 79.0 Å². The molecule has 0 saturated carbocycles. The van der Waals surface area contributed by atoms with E-state index in [1.807, 2.05) is 42.5 Å². The second-order valence-electron chi connectivity index (χ2n) is 6.97. The maximum atomic E-state index is 13.1. The third kappa shape index (κ3) is 2.94. The number of carbonyl (C=O) groups is 3. The van der Waals surface area contributed by atoms with Gasteiger partial charge in [-0.05, 0) is 23.3 Å². The molecule has 4 rings (SSSR count). The highest BCUT2D eigenvalue weighted by molar-refractivity contribution is 6.10. The van der Waals surface area contributed by atoms with E-state index >= 15 is 0 Å². The van der Waals surface area contributed by atoms with E-state index in [0.717, 1.165) is 21.2 Å². The zero-order chi connectivity index (χ0) is 19.0. The second-order valence-corrected chi connectivity index (χ2v) is 6.97. The number of nitrogens with zero attached hydrogens (tertiary/aromatic N) is 2. The van der Waals surface area contributed by atoms with Crippen LogP contribution in [-0.2, 0) is 19.9 Å². The number of hydrogen-bond acceptors (Lipinski definition) is 4. The van der Waals surface area contributed by atoms with E-state index in [4.69, 9.17) is 4.74 Å². The van der Waals surface area contributed by atoms with E-state index in [2.05, 4.69) is 5.32 Å². The first-order valence-corrected chi connectivity index (χ1v) is 8.98. The van der Waals surface area contributed by atoms with Gasteiger partial charge in [0.25, 0.3) is 5.91 Å². The molecule has 7 nitrogen and oxygen atoms in total. The smallest absolute Gasteiger partial charge is 0.325 e. The molecule has 0 radical (unpaired) electrons. The Morgan fingerprint density at radius 1 is 1.11 bits per heavy atom. The molecule has 0 bridgehead atoms. The van der Waals surface area contributed by atoms with Gasteiger partial charge in [0.2, 0.25) is 5.91 Å². The van der Waals surface area contributed by atoms with Crippen LogP contribution in [0.3, 0.4) is 0 Å². The van der Waals surface area contributed by atoms with Crippen molar-refractivity contribution in [2.24, 2.45) is 0 Å². The summed E-state index contributed by atoms with van der Waals surface area (Å²) in [5.74, 6) is -0.658. The molecule has 2 aromatic carbocycles. The molecule has 27 heavy (non-hydrogen) atoms. The number of hydrogen-bond donors (Lipinski definition) is 1. The van der Waals surface area contributed by atoms with Gasteiger partial charge >= 0.3 is 6.03 Å². The van der Waals surface area contributed by atoms with Crippen molar-refractivity contribution in [1.82, 2.24) is 15.1 Å². The molecule has 0 aliphatic carbocycles. The lowest BCUT2D eigenvalue weighted by Crippen LogP contribution is -2.47. The van der Waals surface area contributed by atoms with Gasteiger partial charge in [-0.1, -0.05) is 42.5 Å². The van der Waals surface area contributed by atoms with E-state index in [1.54, 1.807) is 11.8 Å². The first-order valence-electron chi connectivity index (χ1n) is 8.98. The number of nitrogens with one attached hydrogen (secondary N) is 1. The van der Waals surface area contributed by atoms with Gasteiger partial charge in [0.1, 0.15) is 12.1 Å². The Labute approximate surface area is 156 Å². The Hall–Kier alpha value is -2.93. The first-order chi connectivity index (χ1) is 13.0. The summed E-state index contributed by atoms with van der Waals surface area (Å²) in [6, 6.07) is 12.8. The van der Waals surface area contributed by atoms with E-state index in [-0.39, 0.29) is 12.5 Å². The summed E-state index contributed by atoms with van der Waals surface area (Å²) in [5, 5.41) is 4.68. The summed E-state index contributed by atoms with van der Waals surface area (Å²) >= 11 is 0. The van der Waals surface area contributed by atoms with Crippen molar-refractivity contribution in [2.45, 2.75) is 12.5 Å². The molecule has 1 unspecified atom stereocenters. The van der Waals surface area contributed by atoms with Crippen LogP contribution in [-0.4, -0.2) is 60.5 Å². The molecule has 2 aromatic rings. The minimum absolute atomic E-state index is 0.246. The monoisotopic (exact) mass is 367 g/mol. The Bertz CT molecular complexity index is 917. The molecular weight excluding hydrogens is 346 g/mol. The number of urea groups is 1. The van der Waals surface area contributed by atoms with Crippen molar-refractivity contribution in [1.29, 1.82) is 0 Å². The zero-order valence-corrected chi connectivity index (χ0v) is 15.1. The van der Waals surface area contributed by atoms with Crippen molar-refractivity contribution in [3.05, 3.63) is 48.0 Å². The summed E-state index contributed by atoms with van der Waals surface area (Å²) in [5.41, 5.74) is -0.483.